The van der Waals surface area contributed by atoms with Crippen LogP contribution in [0.3, 0.4) is 0 Å². The van der Waals surface area contributed by atoms with Crippen molar-refractivity contribution in [2.75, 3.05) is 18.5 Å². The van der Waals surface area contributed by atoms with Crippen molar-refractivity contribution in [3.05, 3.63) is 65.7 Å². The summed E-state index contributed by atoms with van der Waals surface area (Å²) in [6.45, 7) is -0.312. The maximum absolute atomic E-state index is 12.4. The molecule has 4 heterocycles. The number of carbonyl (C=O) groups is 2. The smallest absolute Gasteiger partial charge is 0.277 e. The fourth-order valence-corrected chi connectivity index (χ4v) is 4.02. The zero-order valence-corrected chi connectivity index (χ0v) is 16.9. The number of nitrogens with one attached hydrogen (secondary N) is 1. The second-order valence-corrected chi connectivity index (χ2v) is 7.72. The van der Waals surface area contributed by atoms with Gasteiger partial charge in [-0.3, -0.25) is 14.5 Å². The quantitative estimate of drug-likeness (QED) is 0.449. The number of rotatable bonds is 6. The molecule has 4 aromatic rings. The molecule has 0 fully saturated rings. The molecule has 31 heavy (non-hydrogen) atoms. The van der Waals surface area contributed by atoms with E-state index in [2.05, 4.69) is 15.5 Å². The first kappa shape index (κ1) is 19.1. The van der Waals surface area contributed by atoms with Crippen LogP contribution in [0.25, 0.3) is 27.6 Å². The number of aliphatic hydroxyl groups excluding tert-OH is 1. The van der Waals surface area contributed by atoms with E-state index in [1.165, 1.54) is 6.08 Å². The van der Waals surface area contributed by atoms with Crippen molar-refractivity contribution < 1.29 is 14.7 Å². The van der Waals surface area contributed by atoms with E-state index in [9.17, 15) is 9.59 Å². The Kier molecular flexibility index (Phi) is 4.77. The number of aromatic nitrogens is 4. The van der Waals surface area contributed by atoms with E-state index >= 15 is 0 Å². The molecule has 2 amide bonds. The zero-order valence-electron chi connectivity index (χ0n) is 16.1. The Morgan fingerprint density at radius 2 is 1.97 bits per heavy atom. The largest absolute Gasteiger partial charge is 0.395 e. The summed E-state index contributed by atoms with van der Waals surface area (Å²) >= 11 is 1.56. The van der Waals surface area contributed by atoms with Gasteiger partial charge in [-0.25, -0.2) is 0 Å². The molecule has 0 bridgehead atoms. The molecule has 2 N–H and O–H groups in total. The number of aliphatic hydroxyl groups is 1. The van der Waals surface area contributed by atoms with Crippen molar-refractivity contribution in [3.63, 3.8) is 0 Å². The molecule has 0 aliphatic carbocycles. The molecule has 10 heteroatoms. The van der Waals surface area contributed by atoms with Gasteiger partial charge in [0.05, 0.1) is 23.7 Å². The van der Waals surface area contributed by atoms with Gasteiger partial charge in [-0.2, -0.15) is 9.61 Å². The Bertz CT molecular complexity index is 1330. The first-order chi connectivity index (χ1) is 15.1. The normalized spacial score (nSPS) is 13.8. The first-order valence-corrected chi connectivity index (χ1v) is 10.3. The number of benzene rings is 1. The van der Waals surface area contributed by atoms with Crippen molar-refractivity contribution in [1.82, 2.24) is 24.7 Å². The molecular formula is C21H16N6O3S. The maximum atomic E-state index is 12.4. The highest BCUT2D eigenvalue weighted by Crippen LogP contribution is 2.26. The summed E-state index contributed by atoms with van der Waals surface area (Å²) in [5.41, 5.74) is 2.98. The van der Waals surface area contributed by atoms with Gasteiger partial charge in [0.25, 0.3) is 11.8 Å². The minimum Gasteiger partial charge on any atom is -0.395 e. The number of fused-ring (bicyclic) bond motifs is 1. The van der Waals surface area contributed by atoms with Crippen LogP contribution in [0.4, 0.5) is 5.69 Å². The topological polar surface area (TPSA) is 113 Å². The number of anilines is 1. The lowest BCUT2D eigenvalue weighted by molar-refractivity contribution is -0.137. The summed E-state index contributed by atoms with van der Waals surface area (Å²) in [5, 5.41) is 27.1. The van der Waals surface area contributed by atoms with Crippen LogP contribution in [-0.2, 0) is 9.59 Å². The van der Waals surface area contributed by atoms with Gasteiger partial charge in [0.1, 0.15) is 5.70 Å². The van der Waals surface area contributed by atoms with E-state index in [1.54, 1.807) is 21.9 Å². The van der Waals surface area contributed by atoms with E-state index < -0.39 is 11.8 Å². The number of carbonyl (C=O) groups excluding carboxylic acids is 2. The van der Waals surface area contributed by atoms with E-state index in [1.807, 2.05) is 47.8 Å². The third-order valence-corrected chi connectivity index (χ3v) is 5.64. The number of thiophene rings is 1. The average molecular weight is 432 g/mol. The first-order valence-electron chi connectivity index (χ1n) is 9.46. The Morgan fingerprint density at radius 3 is 2.77 bits per heavy atom. The average Bonchev–Trinajstić information content (AvgIpc) is 3.50. The van der Waals surface area contributed by atoms with E-state index in [-0.39, 0.29) is 18.8 Å². The molecule has 1 aliphatic rings. The van der Waals surface area contributed by atoms with Crippen LogP contribution >= 0.6 is 11.3 Å². The van der Waals surface area contributed by atoms with Gasteiger partial charge in [-0.1, -0.05) is 18.2 Å². The highest BCUT2D eigenvalue weighted by Gasteiger charge is 2.30. The van der Waals surface area contributed by atoms with E-state index in [4.69, 9.17) is 10.2 Å². The standard InChI is InChI=1S/C21H16N6O3S/c28-9-8-26-19(29)12-16(21(26)30)22-14-4-1-3-13(11-14)15-6-7-18-23-24-20(27(18)25-15)17-5-2-10-31-17/h1-7,10-12,22,28H,8-9H2. The molecule has 1 aromatic carbocycles. The second kappa shape index (κ2) is 7.74. The molecule has 0 saturated carbocycles. The van der Waals surface area contributed by atoms with Gasteiger partial charge >= 0.3 is 0 Å². The molecule has 9 nitrogen and oxygen atoms in total. The van der Waals surface area contributed by atoms with Crippen molar-refractivity contribution in [2.24, 2.45) is 0 Å². The molecule has 0 spiro atoms. The molecule has 0 saturated heterocycles. The lowest BCUT2D eigenvalue weighted by Gasteiger charge is -2.13. The number of nitrogens with zero attached hydrogens (tertiary/aromatic N) is 5. The number of amides is 2. The summed E-state index contributed by atoms with van der Waals surface area (Å²) in [7, 11) is 0. The second-order valence-electron chi connectivity index (χ2n) is 6.77. The molecule has 0 atom stereocenters. The predicted octanol–water partition coefficient (Wildman–Crippen LogP) is 2.18. The van der Waals surface area contributed by atoms with Crippen molar-refractivity contribution >= 4 is 34.5 Å². The summed E-state index contributed by atoms with van der Waals surface area (Å²) < 4.78 is 1.70. The predicted molar refractivity (Wildman–Crippen MR) is 115 cm³/mol. The zero-order chi connectivity index (χ0) is 21.4. The Labute approximate surface area is 180 Å². The highest BCUT2D eigenvalue weighted by molar-refractivity contribution is 7.13. The van der Waals surface area contributed by atoms with E-state index in [0.29, 0.717) is 22.9 Å². The summed E-state index contributed by atoms with van der Waals surface area (Å²) in [6, 6.07) is 15.0. The fourth-order valence-electron chi connectivity index (χ4n) is 3.32. The number of hydrogen-bond donors (Lipinski definition) is 2. The summed E-state index contributed by atoms with van der Waals surface area (Å²) in [5.74, 6) is -0.238. The van der Waals surface area contributed by atoms with Crippen LogP contribution in [0.1, 0.15) is 0 Å². The monoisotopic (exact) mass is 432 g/mol. The third kappa shape index (κ3) is 3.47. The summed E-state index contributed by atoms with van der Waals surface area (Å²) in [6.07, 6.45) is 1.24. The molecule has 3 aromatic heterocycles. The van der Waals surface area contributed by atoms with Gasteiger partial charge in [0.15, 0.2) is 11.5 Å². The van der Waals surface area contributed by atoms with Gasteiger partial charge in [0.2, 0.25) is 0 Å². The van der Waals surface area contributed by atoms with Gasteiger partial charge in [-0.15, -0.1) is 21.5 Å². The number of β-amino-alcohol motifs (C(OH)–C–C–N with tert-alkyl or cyclic N) is 1. The minimum atomic E-state index is -0.464. The molecular weight excluding hydrogens is 416 g/mol. The third-order valence-electron chi connectivity index (χ3n) is 4.77. The fraction of sp³-hybridized carbons (Fsp3) is 0.0952. The Hall–Kier alpha value is -3.89. The van der Waals surface area contributed by atoms with Crippen LogP contribution in [0.2, 0.25) is 0 Å². The maximum Gasteiger partial charge on any atom is 0.277 e. The minimum absolute atomic E-state index is 0.0329. The van der Waals surface area contributed by atoms with Gasteiger partial charge in [0, 0.05) is 17.3 Å². The molecule has 5 rings (SSSR count). The van der Waals surface area contributed by atoms with Crippen LogP contribution in [0.5, 0.6) is 0 Å². The molecule has 0 unspecified atom stereocenters. The summed E-state index contributed by atoms with van der Waals surface area (Å²) in [4.78, 5) is 26.3. The lowest BCUT2D eigenvalue weighted by Crippen LogP contribution is -2.34. The molecule has 1 aliphatic heterocycles. The van der Waals surface area contributed by atoms with Crippen molar-refractivity contribution in [3.8, 4) is 22.0 Å². The molecule has 154 valence electrons. The molecule has 0 radical (unpaired) electrons. The highest BCUT2D eigenvalue weighted by atomic mass is 32.1. The van der Waals surface area contributed by atoms with Crippen LogP contribution < -0.4 is 5.32 Å². The van der Waals surface area contributed by atoms with E-state index in [0.717, 1.165) is 15.3 Å². The SMILES string of the molecule is O=C1C=C(Nc2cccc(-c3ccc4nnc(-c5cccs5)n4n3)c2)C(=O)N1CCO. The van der Waals surface area contributed by atoms with Crippen molar-refractivity contribution in [2.45, 2.75) is 0 Å². The van der Waals surface area contributed by atoms with Crippen LogP contribution in [-0.4, -0.2) is 54.8 Å². The number of hydrogen-bond acceptors (Lipinski definition) is 8. The van der Waals surface area contributed by atoms with Crippen LogP contribution in [0, 0.1) is 0 Å². The Balaban J connectivity index is 1.45. The van der Waals surface area contributed by atoms with Crippen molar-refractivity contribution in [1.29, 1.82) is 0 Å². The van der Waals surface area contributed by atoms with Gasteiger partial charge < -0.3 is 10.4 Å². The lowest BCUT2D eigenvalue weighted by atomic mass is 10.1. The number of imide groups is 1. The van der Waals surface area contributed by atoms with Gasteiger partial charge in [-0.05, 0) is 35.7 Å². The van der Waals surface area contributed by atoms with Crippen LogP contribution in [0.15, 0.2) is 65.7 Å². The Morgan fingerprint density at radius 1 is 1.06 bits per heavy atom.